The van der Waals surface area contributed by atoms with Crippen LogP contribution in [0.3, 0.4) is 0 Å². The molecule has 10 heteroatoms. The van der Waals surface area contributed by atoms with Crippen molar-refractivity contribution < 1.29 is 37.9 Å². The summed E-state index contributed by atoms with van der Waals surface area (Å²) >= 11 is 0. The maximum absolute atomic E-state index is 12.1. The molecule has 0 radical (unpaired) electrons. The number of unbranched alkanes of at least 4 members (excludes halogenated alkanes) is 27. The molecule has 1 amide bonds. The second-order valence-corrected chi connectivity index (χ2v) is 18.6. The molecule has 0 heterocycles. The molecule has 0 aliphatic carbocycles. The van der Waals surface area contributed by atoms with Crippen LogP contribution in [0.5, 0.6) is 0 Å². The quantitative estimate of drug-likeness (QED) is 0.0238. The van der Waals surface area contributed by atoms with Crippen LogP contribution in [0, 0.1) is 0 Å². The molecule has 9 nitrogen and oxygen atoms in total. The zero-order valence-corrected chi connectivity index (χ0v) is 41.0. The standard InChI is InChI=1S/C52H96NO8P/c1-3-5-7-9-11-13-15-17-19-21-23-24-25-26-27-29-31-33-35-37-39-41-43-45-52(56)59-48-50(54)49-61-62(57,58)60-47-46-53-51(55)44-42-40-38-36-34-32-30-28-22-20-18-16-14-12-10-8-6-4-2/h11,13,17,19-20,22-24,50,54H,3-10,12,14-16,18,21,25-49H2,1-2H3,(H,53,55)(H,57,58)/b13-11-,19-17-,22-20-,24-23-. The molecule has 0 rings (SSSR count). The van der Waals surface area contributed by atoms with Gasteiger partial charge in [0.15, 0.2) is 0 Å². The van der Waals surface area contributed by atoms with E-state index in [1.165, 1.54) is 161 Å². The van der Waals surface area contributed by atoms with Gasteiger partial charge in [0.05, 0.1) is 13.2 Å². The monoisotopic (exact) mass is 894 g/mol. The lowest BCUT2D eigenvalue weighted by Gasteiger charge is -2.15. The molecular formula is C52H96NO8P. The Balaban J connectivity index is 3.57. The number of hydrogen-bond acceptors (Lipinski definition) is 7. The van der Waals surface area contributed by atoms with Gasteiger partial charge >= 0.3 is 13.8 Å². The maximum Gasteiger partial charge on any atom is 0.472 e. The number of carbonyl (C=O) groups excluding carboxylic acids is 2. The van der Waals surface area contributed by atoms with Crippen LogP contribution in [0.2, 0.25) is 0 Å². The molecule has 2 atom stereocenters. The summed E-state index contributed by atoms with van der Waals surface area (Å²) < 4.78 is 27.0. The number of amides is 1. The average Bonchev–Trinajstić information content (AvgIpc) is 3.26. The first kappa shape index (κ1) is 60.0. The lowest BCUT2D eigenvalue weighted by Crippen LogP contribution is -2.27. The minimum absolute atomic E-state index is 0.0789. The molecule has 0 aromatic rings. The Kier molecular flexibility index (Phi) is 46.8. The third-order valence-corrected chi connectivity index (χ3v) is 12.0. The third-order valence-electron chi connectivity index (χ3n) is 11.0. The SMILES string of the molecule is CCCCC/C=C\C/C=C\C/C=C\CCCCCCCCCCCCC(=O)OCC(O)COP(=O)(O)OCCNC(=O)CCCCCCCCC/C=C\CCCCCCCCC. The highest BCUT2D eigenvalue weighted by Gasteiger charge is 2.23. The largest absolute Gasteiger partial charge is 0.472 e. The zero-order chi connectivity index (χ0) is 45.3. The smallest absolute Gasteiger partial charge is 0.463 e. The molecule has 0 saturated heterocycles. The lowest BCUT2D eigenvalue weighted by molar-refractivity contribution is -0.147. The first-order valence-electron chi connectivity index (χ1n) is 25.6. The molecule has 0 aliphatic heterocycles. The third kappa shape index (κ3) is 49.0. The molecule has 0 saturated carbocycles. The fourth-order valence-electron chi connectivity index (χ4n) is 7.09. The van der Waals surface area contributed by atoms with Crippen molar-refractivity contribution in [3.8, 4) is 0 Å². The Morgan fingerprint density at radius 1 is 0.500 bits per heavy atom. The highest BCUT2D eigenvalue weighted by Crippen LogP contribution is 2.42. The van der Waals surface area contributed by atoms with Crippen LogP contribution in [-0.4, -0.2) is 54.3 Å². The summed E-state index contributed by atoms with van der Waals surface area (Å²) in [5.41, 5.74) is 0. The van der Waals surface area contributed by atoms with Crippen LogP contribution in [-0.2, 0) is 27.9 Å². The van der Waals surface area contributed by atoms with Gasteiger partial charge in [0.25, 0.3) is 0 Å². The summed E-state index contributed by atoms with van der Waals surface area (Å²) in [6, 6.07) is 0. The van der Waals surface area contributed by atoms with E-state index in [1.54, 1.807) is 0 Å². The van der Waals surface area contributed by atoms with Crippen LogP contribution >= 0.6 is 7.82 Å². The van der Waals surface area contributed by atoms with E-state index in [-0.39, 0.29) is 32.1 Å². The molecular weight excluding hydrogens is 798 g/mol. The number of aliphatic hydroxyl groups excluding tert-OH is 1. The number of ether oxygens (including phenoxy) is 1. The van der Waals surface area contributed by atoms with Gasteiger partial charge in [0.1, 0.15) is 12.7 Å². The number of carbonyl (C=O) groups is 2. The molecule has 0 fully saturated rings. The fraction of sp³-hybridized carbons (Fsp3) is 0.808. The predicted octanol–water partition coefficient (Wildman–Crippen LogP) is 15.1. The van der Waals surface area contributed by atoms with Gasteiger partial charge in [-0.3, -0.25) is 18.6 Å². The highest BCUT2D eigenvalue weighted by molar-refractivity contribution is 7.47. The van der Waals surface area contributed by atoms with Crippen molar-refractivity contribution in [2.45, 2.75) is 245 Å². The van der Waals surface area contributed by atoms with Gasteiger partial charge in [-0.25, -0.2) is 4.57 Å². The second kappa shape index (κ2) is 48.4. The number of aliphatic hydroxyl groups is 1. The minimum Gasteiger partial charge on any atom is -0.463 e. The normalized spacial score (nSPS) is 13.5. The van der Waals surface area contributed by atoms with E-state index < -0.39 is 26.5 Å². The Morgan fingerprint density at radius 2 is 0.871 bits per heavy atom. The summed E-state index contributed by atoms with van der Waals surface area (Å²) in [7, 11) is -4.42. The lowest BCUT2D eigenvalue weighted by atomic mass is 10.1. The van der Waals surface area contributed by atoms with Crippen molar-refractivity contribution in [2.24, 2.45) is 0 Å². The Labute approximate surface area is 381 Å². The van der Waals surface area contributed by atoms with Crippen molar-refractivity contribution >= 4 is 19.7 Å². The van der Waals surface area contributed by atoms with E-state index in [4.69, 9.17) is 13.8 Å². The van der Waals surface area contributed by atoms with Crippen LogP contribution < -0.4 is 5.32 Å². The number of allylic oxidation sites excluding steroid dienone is 8. The number of nitrogens with one attached hydrogen (secondary N) is 1. The van der Waals surface area contributed by atoms with E-state index in [1.807, 2.05) is 0 Å². The first-order valence-corrected chi connectivity index (χ1v) is 27.1. The molecule has 2 unspecified atom stereocenters. The van der Waals surface area contributed by atoms with Crippen molar-refractivity contribution in [1.82, 2.24) is 5.32 Å². The molecule has 0 aromatic carbocycles. The van der Waals surface area contributed by atoms with Gasteiger partial charge in [-0.2, -0.15) is 0 Å². The van der Waals surface area contributed by atoms with Gasteiger partial charge in [0, 0.05) is 19.4 Å². The van der Waals surface area contributed by atoms with Gasteiger partial charge in [-0.1, -0.05) is 197 Å². The minimum atomic E-state index is -4.42. The number of rotatable bonds is 48. The van der Waals surface area contributed by atoms with Gasteiger partial charge in [-0.05, 0) is 77.0 Å². The molecule has 0 aliphatic rings. The first-order chi connectivity index (χ1) is 30.3. The Hall–Kier alpha value is -2.03. The molecule has 3 N–H and O–H groups in total. The summed E-state index contributed by atoms with van der Waals surface area (Å²) in [6.45, 7) is 3.54. The van der Waals surface area contributed by atoms with Crippen molar-refractivity contribution in [2.75, 3.05) is 26.4 Å². The number of phosphoric ester groups is 1. The summed E-state index contributed by atoms with van der Waals surface area (Å²) in [5.74, 6) is -0.520. The van der Waals surface area contributed by atoms with Gasteiger partial charge < -0.3 is 20.1 Å². The van der Waals surface area contributed by atoms with Crippen LogP contribution in [0.15, 0.2) is 48.6 Å². The summed E-state index contributed by atoms with van der Waals surface area (Å²) in [6.07, 6.45) is 57.6. The molecule has 0 aromatic heterocycles. The van der Waals surface area contributed by atoms with Gasteiger partial charge in [-0.15, -0.1) is 0 Å². The number of hydrogen-bond donors (Lipinski definition) is 3. The van der Waals surface area contributed by atoms with Crippen LogP contribution in [0.4, 0.5) is 0 Å². The maximum atomic E-state index is 12.1. The van der Waals surface area contributed by atoms with Crippen LogP contribution in [0.25, 0.3) is 0 Å². The van der Waals surface area contributed by atoms with Crippen molar-refractivity contribution in [3.05, 3.63) is 48.6 Å². The van der Waals surface area contributed by atoms with E-state index in [0.29, 0.717) is 6.42 Å². The predicted molar refractivity (Wildman–Crippen MR) is 261 cm³/mol. The van der Waals surface area contributed by atoms with E-state index in [0.717, 1.165) is 51.4 Å². The highest BCUT2D eigenvalue weighted by atomic mass is 31.2. The molecule has 362 valence electrons. The topological polar surface area (TPSA) is 131 Å². The van der Waals surface area contributed by atoms with Crippen LogP contribution in [0.1, 0.15) is 239 Å². The fourth-order valence-corrected chi connectivity index (χ4v) is 7.85. The summed E-state index contributed by atoms with van der Waals surface area (Å²) in [4.78, 5) is 34.1. The molecule has 62 heavy (non-hydrogen) atoms. The number of phosphoric acid groups is 1. The second-order valence-electron chi connectivity index (χ2n) is 17.1. The molecule has 0 spiro atoms. The zero-order valence-electron chi connectivity index (χ0n) is 40.1. The summed E-state index contributed by atoms with van der Waals surface area (Å²) in [5, 5.41) is 12.7. The van der Waals surface area contributed by atoms with Crippen molar-refractivity contribution in [1.29, 1.82) is 0 Å². The molecule has 0 bridgehead atoms. The van der Waals surface area contributed by atoms with Crippen molar-refractivity contribution in [3.63, 3.8) is 0 Å². The van der Waals surface area contributed by atoms with E-state index >= 15 is 0 Å². The number of esters is 1. The average molecular weight is 894 g/mol. The Bertz CT molecular complexity index is 1160. The van der Waals surface area contributed by atoms with E-state index in [2.05, 4.69) is 67.8 Å². The van der Waals surface area contributed by atoms with E-state index in [9.17, 15) is 24.2 Å². The van der Waals surface area contributed by atoms with Gasteiger partial charge in [0.2, 0.25) is 5.91 Å². The Morgan fingerprint density at radius 3 is 1.35 bits per heavy atom.